The van der Waals surface area contributed by atoms with Crippen LogP contribution >= 0.6 is 46.4 Å². The topological polar surface area (TPSA) is 189 Å². The number of aromatic amines is 2. The molecule has 0 saturated heterocycles. The van der Waals surface area contributed by atoms with E-state index < -0.39 is 52.2 Å². The summed E-state index contributed by atoms with van der Waals surface area (Å²) in [6, 6.07) is -1.48. The van der Waals surface area contributed by atoms with E-state index in [-0.39, 0.29) is 79.3 Å². The van der Waals surface area contributed by atoms with Gasteiger partial charge in [0.05, 0.1) is 52.1 Å². The van der Waals surface area contributed by atoms with E-state index in [2.05, 4.69) is 20.1 Å². The second-order valence-corrected chi connectivity index (χ2v) is 15.4. The van der Waals surface area contributed by atoms with Gasteiger partial charge in [-0.1, -0.05) is 18.2 Å². The number of carbonyl (C=O) groups is 3. The SMILES string of the molecule is CCOC(=O)c1c2c([nH]c(=O)/c1=C/C=CC=Cc1c(C(=O)OCC)c3c([O-])n(C4CC(Cl)CCC4Cl)nc3[nH]c1=O)=NC(C1CC(Cl)CCC1Cl)C2=O. The number of fused-ring (bicyclic) bond motifs is 2. The van der Waals surface area contributed by atoms with Crippen LogP contribution in [0.1, 0.15) is 95.1 Å². The van der Waals surface area contributed by atoms with Crippen LogP contribution in [0.3, 0.4) is 0 Å². The number of esters is 2. The Labute approximate surface area is 322 Å². The van der Waals surface area contributed by atoms with Crippen LogP contribution < -0.4 is 26.9 Å². The number of hydrogen-bond donors (Lipinski definition) is 2. The summed E-state index contributed by atoms with van der Waals surface area (Å²) in [5.74, 6) is -3.25. The molecule has 3 aromatic heterocycles. The van der Waals surface area contributed by atoms with Gasteiger partial charge in [-0.15, -0.1) is 46.4 Å². The predicted molar refractivity (Wildman–Crippen MR) is 199 cm³/mol. The van der Waals surface area contributed by atoms with Crippen molar-refractivity contribution in [3.05, 3.63) is 71.9 Å². The van der Waals surface area contributed by atoms with Gasteiger partial charge in [-0.25, -0.2) is 9.59 Å². The molecule has 2 saturated carbocycles. The van der Waals surface area contributed by atoms with Crippen molar-refractivity contribution in [3.8, 4) is 5.88 Å². The smallest absolute Gasteiger partial charge is 0.339 e. The van der Waals surface area contributed by atoms with Crippen LogP contribution in [0.4, 0.5) is 0 Å². The van der Waals surface area contributed by atoms with E-state index in [9.17, 15) is 29.1 Å². The number of nitrogens with one attached hydrogen (secondary N) is 2. The molecule has 0 bridgehead atoms. The van der Waals surface area contributed by atoms with Crippen molar-refractivity contribution < 1.29 is 29.0 Å². The Morgan fingerprint density at radius 3 is 2.23 bits per heavy atom. The van der Waals surface area contributed by atoms with Gasteiger partial charge in [0.25, 0.3) is 11.1 Å². The lowest BCUT2D eigenvalue weighted by Crippen LogP contribution is -2.42. The van der Waals surface area contributed by atoms with Crippen LogP contribution in [0.15, 0.2) is 32.8 Å². The van der Waals surface area contributed by atoms with Gasteiger partial charge in [-0.05, 0) is 70.4 Å². The number of H-pyrrole nitrogens is 2. The molecule has 13 nitrogen and oxygen atoms in total. The highest BCUT2D eigenvalue weighted by Crippen LogP contribution is 2.39. The summed E-state index contributed by atoms with van der Waals surface area (Å²) in [5, 5.41) is 16.6. The number of carbonyl (C=O) groups excluding carboxylic acids is 3. The highest BCUT2D eigenvalue weighted by atomic mass is 35.5. The molecule has 4 heterocycles. The third-order valence-corrected chi connectivity index (χ3v) is 11.6. The number of alkyl halides is 4. The van der Waals surface area contributed by atoms with Crippen molar-refractivity contribution in [2.24, 2.45) is 10.9 Å². The van der Waals surface area contributed by atoms with Crippen molar-refractivity contribution in [2.45, 2.75) is 86.0 Å². The summed E-state index contributed by atoms with van der Waals surface area (Å²) >= 11 is 25.9. The van der Waals surface area contributed by atoms with E-state index in [4.69, 9.17) is 55.9 Å². The summed E-state index contributed by atoms with van der Waals surface area (Å²) in [6.45, 7) is 3.15. The first-order valence-corrected chi connectivity index (χ1v) is 19.1. The molecule has 7 atom stereocenters. The highest BCUT2D eigenvalue weighted by Gasteiger charge is 2.43. The number of rotatable bonds is 9. The zero-order chi connectivity index (χ0) is 38.1. The minimum absolute atomic E-state index is 0.0144. The number of halogens is 4. The molecule has 282 valence electrons. The third-order valence-electron chi connectivity index (χ3n) is 9.72. The van der Waals surface area contributed by atoms with Crippen molar-refractivity contribution >= 4 is 87.3 Å². The zero-order valence-electron chi connectivity index (χ0n) is 28.7. The zero-order valence-corrected chi connectivity index (χ0v) is 31.7. The van der Waals surface area contributed by atoms with Crippen LogP contribution in [0.5, 0.6) is 5.88 Å². The molecule has 0 aromatic carbocycles. The summed E-state index contributed by atoms with van der Waals surface area (Å²) in [4.78, 5) is 76.6. The summed E-state index contributed by atoms with van der Waals surface area (Å²) in [6.07, 6.45) is 10.2. The first-order chi connectivity index (χ1) is 25.4. The van der Waals surface area contributed by atoms with Gasteiger partial charge in [-0.2, -0.15) is 5.10 Å². The molecule has 2 N–H and O–H groups in total. The van der Waals surface area contributed by atoms with Crippen LogP contribution in [-0.2, 0) is 9.47 Å². The molecule has 2 aliphatic carbocycles. The van der Waals surface area contributed by atoms with Crippen LogP contribution in [-0.4, -0.2) is 78.2 Å². The molecule has 0 amide bonds. The molecule has 53 heavy (non-hydrogen) atoms. The van der Waals surface area contributed by atoms with Gasteiger partial charge in [0.1, 0.15) is 11.5 Å². The Bertz CT molecular complexity index is 2260. The largest absolute Gasteiger partial charge is 0.858 e. The van der Waals surface area contributed by atoms with E-state index in [1.165, 1.54) is 35.1 Å². The van der Waals surface area contributed by atoms with Crippen LogP contribution in [0.2, 0.25) is 0 Å². The minimum atomic E-state index is -0.923. The Balaban J connectivity index is 1.38. The lowest BCUT2D eigenvalue weighted by molar-refractivity contribution is -0.278. The van der Waals surface area contributed by atoms with Gasteiger partial charge in [-0.3, -0.25) is 24.1 Å². The summed E-state index contributed by atoms with van der Waals surface area (Å²) < 4.78 is 11.7. The monoisotopic (exact) mass is 806 g/mol. The fraction of sp³-hybridized carbons (Fsp3) is 0.472. The maximum Gasteiger partial charge on any atom is 0.339 e. The second kappa shape index (κ2) is 16.2. The average Bonchev–Trinajstić information content (AvgIpc) is 3.61. The molecule has 1 aliphatic heterocycles. The summed E-state index contributed by atoms with van der Waals surface area (Å²) in [7, 11) is 0. The first kappa shape index (κ1) is 38.8. The molecule has 3 aromatic rings. The predicted octanol–water partition coefficient (Wildman–Crippen LogP) is 4.03. The van der Waals surface area contributed by atoms with Crippen molar-refractivity contribution in [2.75, 3.05) is 13.2 Å². The molecule has 0 radical (unpaired) electrons. The normalized spacial score (nSPS) is 26.3. The average molecular weight is 809 g/mol. The summed E-state index contributed by atoms with van der Waals surface area (Å²) in [5.41, 5.74) is -2.26. The van der Waals surface area contributed by atoms with Gasteiger partial charge in [0, 0.05) is 27.4 Å². The standard InChI is InChI=1S/C36H37Cl4N5O8/c1-3-52-35(50)24-18(32(47)42-30-26(24)29(46)28(41-30)20-14-16(37)10-12-21(20)39)8-6-5-7-9-19-25(36(51)53-4-2)27-31(43-33(19)48)44-45(34(27)49)23-15-17(38)11-13-22(23)40/h5-9,16-17,20-23,28,49H,3-4,10-15H2,1-2H3,(H,41,42,47)(H,43,44,48)/p-1/b6-5?,9-7?,18-8+. The van der Waals surface area contributed by atoms with Crippen LogP contribution in [0.25, 0.3) is 23.2 Å². The second-order valence-electron chi connectivity index (χ2n) is 13.1. The minimum Gasteiger partial charge on any atom is -0.858 e. The van der Waals surface area contributed by atoms with Gasteiger partial charge < -0.3 is 24.5 Å². The Morgan fingerprint density at radius 1 is 0.868 bits per heavy atom. The lowest BCUT2D eigenvalue weighted by atomic mass is 9.81. The number of pyridine rings is 2. The van der Waals surface area contributed by atoms with Crippen LogP contribution in [0, 0.1) is 5.92 Å². The number of Topliss-reactive ketones (excluding diaryl/α,β-unsaturated/α-hetero) is 1. The van der Waals surface area contributed by atoms with Crippen molar-refractivity contribution in [3.63, 3.8) is 0 Å². The van der Waals surface area contributed by atoms with E-state index in [0.29, 0.717) is 38.5 Å². The first-order valence-electron chi connectivity index (χ1n) is 17.3. The molecule has 7 unspecified atom stereocenters. The number of nitrogens with zero attached hydrogens (tertiary/aromatic N) is 3. The van der Waals surface area contributed by atoms with Gasteiger partial charge in [0.2, 0.25) is 0 Å². The number of allylic oxidation sites excluding steroid dienone is 3. The molecule has 17 heteroatoms. The Kier molecular flexibility index (Phi) is 11.9. The number of ether oxygens (including phenoxy) is 2. The quantitative estimate of drug-likeness (QED) is 0.183. The van der Waals surface area contributed by atoms with Crippen molar-refractivity contribution in [1.29, 1.82) is 0 Å². The van der Waals surface area contributed by atoms with Gasteiger partial charge in [0.15, 0.2) is 11.4 Å². The molecule has 3 aliphatic rings. The Hall–Kier alpha value is -3.91. The van der Waals surface area contributed by atoms with Crippen molar-refractivity contribution in [1.82, 2.24) is 19.7 Å². The molecule has 6 rings (SSSR count). The van der Waals surface area contributed by atoms with E-state index in [1.54, 1.807) is 13.8 Å². The number of hydrogen-bond acceptors (Lipinski definition) is 10. The maximum atomic E-state index is 13.8. The van der Waals surface area contributed by atoms with Gasteiger partial charge >= 0.3 is 11.9 Å². The highest BCUT2D eigenvalue weighted by molar-refractivity contribution is 6.23. The molecular formula is C36H36Cl4N5O8-. The fourth-order valence-corrected chi connectivity index (χ4v) is 8.57. The Morgan fingerprint density at radius 2 is 1.53 bits per heavy atom. The van der Waals surface area contributed by atoms with E-state index in [1.807, 2.05) is 0 Å². The number of aromatic nitrogens is 4. The number of ketones is 1. The molecule has 0 spiro atoms. The van der Waals surface area contributed by atoms with E-state index >= 15 is 0 Å². The molecular weight excluding hydrogens is 772 g/mol. The third kappa shape index (κ3) is 7.58. The lowest BCUT2D eigenvalue weighted by Gasteiger charge is -2.32. The maximum absolute atomic E-state index is 13.8. The van der Waals surface area contributed by atoms with E-state index in [0.717, 1.165) is 0 Å². The fourth-order valence-electron chi connectivity index (χ4n) is 7.23. The molecule has 2 fully saturated rings.